The zero-order chi connectivity index (χ0) is 26.6. The lowest BCUT2D eigenvalue weighted by Gasteiger charge is -2.37. The van der Waals surface area contributed by atoms with Crippen LogP contribution in [0.4, 0.5) is 5.82 Å². The van der Waals surface area contributed by atoms with Gasteiger partial charge in [0.2, 0.25) is 0 Å². The smallest absolute Gasteiger partial charge is 0.252 e. The Hall–Kier alpha value is -1.14. The predicted octanol–water partition coefficient (Wildman–Crippen LogP) is 7.98. The van der Waals surface area contributed by atoms with Crippen molar-refractivity contribution in [1.82, 2.24) is 15.2 Å². The normalized spacial score (nSPS) is 14.4. The number of anilines is 1. The maximum Gasteiger partial charge on any atom is 0.252 e. The number of pyridine rings is 1. The van der Waals surface area contributed by atoms with Crippen LogP contribution in [0.15, 0.2) is 18.3 Å². The van der Waals surface area contributed by atoms with Gasteiger partial charge in [0.25, 0.3) is 5.91 Å². The van der Waals surface area contributed by atoms with Crippen molar-refractivity contribution in [3.05, 3.63) is 23.9 Å². The van der Waals surface area contributed by atoms with Crippen molar-refractivity contribution in [2.75, 3.05) is 43.0 Å². The summed E-state index contributed by atoms with van der Waals surface area (Å²) in [6.07, 6.45) is 23.5. The van der Waals surface area contributed by atoms with Gasteiger partial charge in [-0.25, -0.2) is 4.98 Å². The monoisotopic (exact) mass is 578 g/mol. The summed E-state index contributed by atoms with van der Waals surface area (Å²) in [6, 6.07) is 4.51. The summed E-state index contributed by atoms with van der Waals surface area (Å²) in [5, 5.41) is 4.23. The van der Waals surface area contributed by atoms with Gasteiger partial charge in [0, 0.05) is 50.3 Å². The Kier molecular flexibility index (Phi) is 18.0. The van der Waals surface area contributed by atoms with Crippen LogP contribution < -0.4 is 10.2 Å². The molecule has 5 nitrogen and oxygen atoms in total. The van der Waals surface area contributed by atoms with Gasteiger partial charge in [-0.1, -0.05) is 106 Å². The van der Waals surface area contributed by atoms with Gasteiger partial charge in [-0.2, -0.15) is 0 Å². The summed E-state index contributed by atoms with van der Waals surface area (Å²) < 4.78 is 0. The van der Waals surface area contributed by atoms with Gasteiger partial charge in [0.05, 0.1) is 5.56 Å². The molecule has 1 saturated heterocycles. The van der Waals surface area contributed by atoms with E-state index >= 15 is 0 Å². The third kappa shape index (κ3) is 14.6. The molecule has 212 valence electrons. The highest BCUT2D eigenvalue weighted by Gasteiger charge is 2.19. The highest BCUT2D eigenvalue weighted by molar-refractivity contribution is 9.09. The van der Waals surface area contributed by atoms with E-state index in [1.54, 1.807) is 6.20 Å². The van der Waals surface area contributed by atoms with Gasteiger partial charge in [-0.3, -0.25) is 9.69 Å². The fraction of sp³-hybridized carbons (Fsp3) is 0.806. The number of nitrogens with one attached hydrogen (secondary N) is 1. The van der Waals surface area contributed by atoms with Crippen molar-refractivity contribution < 1.29 is 4.79 Å². The van der Waals surface area contributed by atoms with E-state index in [2.05, 4.69) is 49.9 Å². The van der Waals surface area contributed by atoms with Gasteiger partial charge >= 0.3 is 0 Å². The van der Waals surface area contributed by atoms with Crippen LogP contribution in [0.1, 0.15) is 127 Å². The molecule has 6 heteroatoms. The second-order valence-electron chi connectivity index (χ2n) is 11.1. The topological polar surface area (TPSA) is 48.5 Å². The molecule has 1 fully saturated rings. The summed E-state index contributed by atoms with van der Waals surface area (Å²) >= 11 is 3.51. The molecule has 1 amide bonds. The average Bonchev–Trinajstić information content (AvgIpc) is 2.92. The van der Waals surface area contributed by atoms with Crippen LogP contribution in [0.25, 0.3) is 0 Å². The van der Waals surface area contributed by atoms with E-state index < -0.39 is 0 Å². The number of carbonyl (C=O) groups excluding carboxylic acids is 1. The number of nitrogens with zero attached hydrogens (tertiary/aromatic N) is 3. The number of halogens is 1. The zero-order valence-electron chi connectivity index (χ0n) is 24.0. The molecule has 0 aromatic carbocycles. The SMILES string of the molecule is CC(C)N1CCN(c2ccc(C(=O)NCCCCCCCCCCCCCCCCCCBr)cn2)CC1. The number of rotatable bonds is 21. The second-order valence-corrected chi connectivity index (χ2v) is 11.9. The summed E-state index contributed by atoms with van der Waals surface area (Å²) in [7, 11) is 0. The van der Waals surface area contributed by atoms with Crippen molar-refractivity contribution >= 4 is 27.7 Å². The van der Waals surface area contributed by atoms with Gasteiger partial charge < -0.3 is 10.2 Å². The van der Waals surface area contributed by atoms with E-state index in [0.29, 0.717) is 11.6 Å². The first-order valence-electron chi connectivity index (χ1n) is 15.4. The van der Waals surface area contributed by atoms with Crippen molar-refractivity contribution in [3.8, 4) is 0 Å². The van der Waals surface area contributed by atoms with Gasteiger partial charge in [0.15, 0.2) is 0 Å². The third-order valence-corrected chi connectivity index (χ3v) is 8.29. The van der Waals surface area contributed by atoms with Crippen LogP contribution in [0.3, 0.4) is 0 Å². The van der Waals surface area contributed by atoms with Crippen LogP contribution >= 0.6 is 15.9 Å². The molecule has 0 spiro atoms. The van der Waals surface area contributed by atoms with Crippen LogP contribution in [-0.4, -0.2) is 59.9 Å². The molecule has 37 heavy (non-hydrogen) atoms. The number of piperazine rings is 1. The first-order valence-corrected chi connectivity index (χ1v) is 16.5. The second kappa shape index (κ2) is 20.8. The molecule has 0 radical (unpaired) electrons. The van der Waals surface area contributed by atoms with E-state index in [9.17, 15) is 4.79 Å². The summed E-state index contributed by atoms with van der Waals surface area (Å²) in [5.74, 6) is 0.977. The Morgan fingerprint density at radius 3 is 1.70 bits per heavy atom. The number of alkyl halides is 1. The lowest BCUT2D eigenvalue weighted by atomic mass is 10.0. The molecule has 1 aliphatic rings. The van der Waals surface area contributed by atoms with Crippen molar-refractivity contribution in [3.63, 3.8) is 0 Å². The molecule has 1 aromatic rings. The molecular formula is C31H55BrN4O. The molecule has 1 aliphatic heterocycles. The number of unbranched alkanes of at least 4 members (excludes halogenated alkanes) is 15. The third-order valence-electron chi connectivity index (χ3n) is 7.72. The Morgan fingerprint density at radius 1 is 0.784 bits per heavy atom. The Morgan fingerprint density at radius 2 is 1.27 bits per heavy atom. The van der Waals surface area contributed by atoms with E-state index in [4.69, 9.17) is 0 Å². The minimum absolute atomic E-state index is 0.00154. The van der Waals surface area contributed by atoms with Gasteiger partial charge in [0.1, 0.15) is 5.82 Å². The average molecular weight is 580 g/mol. The minimum atomic E-state index is -0.00154. The van der Waals surface area contributed by atoms with Crippen LogP contribution in [-0.2, 0) is 0 Å². The lowest BCUT2D eigenvalue weighted by Crippen LogP contribution is -2.49. The predicted molar refractivity (Wildman–Crippen MR) is 163 cm³/mol. The van der Waals surface area contributed by atoms with E-state index in [1.165, 1.54) is 96.3 Å². The molecular weight excluding hydrogens is 524 g/mol. The minimum Gasteiger partial charge on any atom is -0.354 e. The number of amides is 1. The van der Waals surface area contributed by atoms with Crippen molar-refractivity contribution in [1.29, 1.82) is 0 Å². The number of hydrogen-bond acceptors (Lipinski definition) is 4. The number of hydrogen-bond donors (Lipinski definition) is 1. The molecule has 1 N–H and O–H groups in total. The summed E-state index contributed by atoms with van der Waals surface area (Å²) in [6.45, 7) is 9.39. The summed E-state index contributed by atoms with van der Waals surface area (Å²) in [4.78, 5) is 21.8. The molecule has 1 aromatic heterocycles. The fourth-order valence-corrected chi connectivity index (χ4v) is 5.57. The van der Waals surface area contributed by atoms with Crippen LogP contribution in [0.5, 0.6) is 0 Å². The molecule has 2 heterocycles. The van der Waals surface area contributed by atoms with Gasteiger partial charge in [-0.05, 0) is 38.8 Å². The number of aromatic nitrogens is 1. The Balaban J connectivity index is 1.39. The fourth-order valence-electron chi connectivity index (χ4n) is 5.17. The molecule has 0 unspecified atom stereocenters. The number of carbonyl (C=O) groups is 1. The molecule has 0 atom stereocenters. The zero-order valence-corrected chi connectivity index (χ0v) is 25.6. The van der Waals surface area contributed by atoms with E-state index in [0.717, 1.165) is 50.3 Å². The quantitative estimate of drug-likeness (QED) is 0.119. The van der Waals surface area contributed by atoms with Crippen molar-refractivity contribution in [2.24, 2.45) is 0 Å². The van der Waals surface area contributed by atoms with Crippen LogP contribution in [0, 0.1) is 0 Å². The standard InChI is InChI=1S/C31H55BrN4O/c1-28(2)35-23-25-36(26-24-35)30-20-19-29(27-34-30)31(37)33-22-18-16-14-12-10-8-6-4-3-5-7-9-11-13-15-17-21-32/h19-20,27-28H,3-18,21-26H2,1-2H3,(H,33,37). The molecule has 0 bridgehead atoms. The molecule has 0 aliphatic carbocycles. The van der Waals surface area contributed by atoms with E-state index in [-0.39, 0.29) is 5.91 Å². The highest BCUT2D eigenvalue weighted by Crippen LogP contribution is 2.16. The molecule has 2 rings (SSSR count). The Labute approximate surface area is 236 Å². The van der Waals surface area contributed by atoms with Crippen LogP contribution in [0.2, 0.25) is 0 Å². The molecule has 0 saturated carbocycles. The lowest BCUT2D eigenvalue weighted by molar-refractivity contribution is 0.0952. The summed E-state index contributed by atoms with van der Waals surface area (Å²) in [5.41, 5.74) is 0.662. The van der Waals surface area contributed by atoms with Gasteiger partial charge in [-0.15, -0.1) is 0 Å². The highest BCUT2D eigenvalue weighted by atomic mass is 79.9. The van der Waals surface area contributed by atoms with Crippen molar-refractivity contribution in [2.45, 2.75) is 123 Å². The first-order chi connectivity index (χ1) is 18.1. The maximum atomic E-state index is 12.4. The van der Waals surface area contributed by atoms with E-state index in [1.807, 2.05) is 12.1 Å². The first kappa shape index (κ1) is 32.1. The Bertz CT molecular complexity index is 689. The largest absolute Gasteiger partial charge is 0.354 e. The maximum absolute atomic E-state index is 12.4.